The van der Waals surface area contributed by atoms with E-state index in [1.165, 1.54) is 4.90 Å². The van der Waals surface area contributed by atoms with Gasteiger partial charge in [0.2, 0.25) is 5.82 Å². The van der Waals surface area contributed by atoms with Crippen LogP contribution in [-0.2, 0) is 11.2 Å². The van der Waals surface area contributed by atoms with Crippen molar-refractivity contribution in [3.8, 4) is 23.3 Å². The number of nitrogens with zero attached hydrogens (tertiary/aromatic N) is 4. The Labute approximate surface area is 248 Å². The van der Waals surface area contributed by atoms with Crippen LogP contribution in [0.25, 0.3) is 10.9 Å². The molecule has 0 unspecified atom stereocenters. The van der Waals surface area contributed by atoms with Crippen LogP contribution < -0.4 is 19.7 Å². The van der Waals surface area contributed by atoms with Crippen LogP contribution in [0.4, 0.5) is 5.69 Å². The number of anilines is 1. The van der Waals surface area contributed by atoms with E-state index >= 15 is 0 Å². The van der Waals surface area contributed by atoms with Gasteiger partial charge in [0.15, 0.2) is 0 Å². The summed E-state index contributed by atoms with van der Waals surface area (Å²) in [6, 6.07) is 23.9. The standard InChI is InChI=1S/C33H28N6O4/c1-39-27-19-23(11-5-6-18-42-28-14-7-13-25-24(28)12-8-17-34-25)15-16-29(27)43-21-26(33(39)41)35-32(40)31-36-30(37-38-31)20-22-9-3-2-4-10-22/h2-4,7-10,12-17,19,26H,6,18,20-21H2,1H3,(H,35,40)(H,36,37,38)/t26-/m0/s1. The second-order valence-electron chi connectivity index (χ2n) is 9.91. The third-order valence-electron chi connectivity index (χ3n) is 6.93. The number of carbonyl (C=O) groups is 2. The average Bonchev–Trinajstić information content (AvgIpc) is 3.47. The molecule has 0 aliphatic carbocycles. The molecule has 0 bridgehead atoms. The quantitative estimate of drug-likeness (QED) is 0.224. The summed E-state index contributed by atoms with van der Waals surface area (Å²) in [6.45, 7) is 0.392. The van der Waals surface area contributed by atoms with Crippen LogP contribution in [0.15, 0.2) is 85.1 Å². The highest BCUT2D eigenvalue weighted by molar-refractivity contribution is 6.02. The van der Waals surface area contributed by atoms with E-state index in [0.29, 0.717) is 36.7 Å². The van der Waals surface area contributed by atoms with Crippen molar-refractivity contribution in [2.45, 2.75) is 18.9 Å². The van der Waals surface area contributed by atoms with Gasteiger partial charge in [0.1, 0.15) is 30.0 Å². The van der Waals surface area contributed by atoms with Crippen LogP contribution in [0.3, 0.4) is 0 Å². The number of H-pyrrole nitrogens is 1. The number of amides is 2. The molecule has 1 aliphatic heterocycles. The first-order valence-corrected chi connectivity index (χ1v) is 13.8. The number of pyridine rings is 1. The number of likely N-dealkylation sites (N-methyl/N-ethyl adjacent to an activating group) is 1. The summed E-state index contributed by atoms with van der Waals surface area (Å²) in [6.07, 6.45) is 2.78. The highest BCUT2D eigenvalue weighted by atomic mass is 16.5. The molecule has 5 aromatic rings. The summed E-state index contributed by atoms with van der Waals surface area (Å²) in [5.41, 5.74) is 3.21. The molecule has 3 heterocycles. The lowest BCUT2D eigenvalue weighted by Crippen LogP contribution is -2.49. The molecule has 2 amide bonds. The Bertz CT molecular complexity index is 1840. The third-order valence-corrected chi connectivity index (χ3v) is 6.93. The van der Waals surface area contributed by atoms with Crippen molar-refractivity contribution in [3.63, 3.8) is 0 Å². The van der Waals surface area contributed by atoms with Crippen molar-refractivity contribution in [2.24, 2.45) is 0 Å². The number of rotatable bonds is 7. The highest BCUT2D eigenvalue weighted by Gasteiger charge is 2.31. The second kappa shape index (κ2) is 12.4. The van der Waals surface area contributed by atoms with E-state index in [1.54, 1.807) is 25.4 Å². The van der Waals surface area contributed by atoms with E-state index in [-0.39, 0.29) is 18.3 Å². The molecule has 6 rings (SSSR count). The van der Waals surface area contributed by atoms with Crippen molar-refractivity contribution < 1.29 is 19.1 Å². The molecule has 2 N–H and O–H groups in total. The van der Waals surface area contributed by atoms with Crippen LogP contribution in [0.5, 0.6) is 11.5 Å². The SMILES string of the molecule is CN1C(=O)[C@@H](NC(=O)c2n[nH]c(Cc3ccccc3)n2)COc2ccc(C#CCCOc3cccc4ncccc34)cc21. The number of ether oxygens (including phenoxy) is 2. The fourth-order valence-electron chi connectivity index (χ4n) is 4.75. The van der Waals surface area contributed by atoms with Gasteiger partial charge in [-0.05, 0) is 48.0 Å². The molecular formula is C33H28N6O4. The zero-order valence-electron chi connectivity index (χ0n) is 23.4. The van der Waals surface area contributed by atoms with Crippen molar-refractivity contribution in [1.82, 2.24) is 25.5 Å². The molecule has 43 heavy (non-hydrogen) atoms. The van der Waals surface area contributed by atoms with E-state index in [0.717, 1.165) is 27.8 Å². The minimum atomic E-state index is -0.920. The van der Waals surface area contributed by atoms with E-state index in [9.17, 15) is 9.59 Å². The highest BCUT2D eigenvalue weighted by Crippen LogP contribution is 2.31. The third kappa shape index (κ3) is 6.31. The van der Waals surface area contributed by atoms with Gasteiger partial charge in [0.25, 0.3) is 11.8 Å². The number of nitrogens with one attached hydrogen (secondary N) is 2. The summed E-state index contributed by atoms with van der Waals surface area (Å²) in [5.74, 6) is 7.18. The Hall–Kier alpha value is -5.69. The molecule has 2 aromatic heterocycles. The van der Waals surface area contributed by atoms with Gasteiger partial charge in [0, 0.05) is 37.0 Å². The molecule has 10 nitrogen and oxygen atoms in total. The number of aromatic amines is 1. The van der Waals surface area contributed by atoms with Crippen LogP contribution in [-0.4, -0.2) is 58.3 Å². The molecule has 0 radical (unpaired) electrons. The largest absolute Gasteiger partial charge is 0.492 e. The zero-order chi connectivity index (χ0) is 29.6. The Kier molecular flexibility index (Phi) is 7.95. The smallest absolute Gasteiger partial charge is 0.291 e. The topological polar surface area (TPSA) is 122 Å². The Morgan fingerprint density at radius 1 is 1.12 bits per heavy atom. The normalized spacial score (nSPS) is 14.2. The Morgan fingerprint density at radius 3 is 2.88 bits per heavy atom. The molecule has 3 aromatic carbocycles. The predicted molar refractivity (Wildman–Crippen MR) is 161 cm³/mol. The molecule has 1 aliphatic rings. The van der Waals surface area contributed by atoms with Gasteiger partial charge in [-0.1, -0.05) is 48.2 Å². The lowest BCUT2D eigenvalue weighted by Gasteiger charge is -2.20. The molecule has 0 saturated heterocycles. The van der Waals surface area contributed by atoms with Crippen LogP contribution in [0.1, 0.15) is 34.0 Å². The fraction of sp³-hybridized carbons (Fsp3) is 0.182. The predicted octanol–water partition coefficient (Wildman–Crippen LogP) is 3.92. The van der Waals surface area contributed by atoms with Crippen LogP contribution >= 0.6 is 0 Å². The summed E-state index contributed by atoms with van der Waals surface area (Å²) >= 11 is 0. The number of fused-ring (bicyclic) bond motifs is 2. The minimum Gasteiger partial charge on any atom is -0.492 e. The van der Waals surface area contributed by atoms with Crippen molar-refractivity contribution in [1.29, 1.82) is 0 Å². The average molecular weight is 573 g/mol. The number of hydrogen-bond acceptors (Lipinski definition) is 7. The molecule has 10 heteroatoms. The fourth-order valence-corrected chi connectivity index (χ4v) is 4.75. The molecule has 0 fully saturated rings. The molecular weight excluding hydrogens is 544 g/mol. The van der Waals surface area contributed by atoms with Gasteiger partial charge in [-0.15, -0.1) is 5.10 Å². The van der Waals surface area contributed by atoms with E-state index in [2.05, 4.69) is 37.3 Å². The number of hydrogen-bond donors (Lipinski definition) is 2. The van der Waals surface area contributed by atoms with Crippen molar-refractivity contribution in [2.75, 3.05) is 25.2 Å². The first kappa shape index (κ1) is 27.5. The summed E-state index contributed by atoms with van der Waals surface area (Å²) in [7, 11) is 1.64. The summed E-state index contributed by atoms with van der Waals surface area (Å²) in [4.78, 5) is 36.3. The maximum Gasteiger partial charge on any atom is 0.291 e. The van der Waals surface area contributed by atoms with Gasteiger partial charge in [-0.3, -0.25) is 19.7 Å². The Balaban J connectivity index is 1.06. The second-order valence-corrected chi connectivity index (χ2v) is 9.91. The van der Waals surface area contributed by atoms with E-state index in [1.807, 2.05) is 66.7 Å². The first-order chi connectivity index (χ1) is 21.0. The van der Waals surface area contributed by atoms with Gasteiger partial charge < -0.3 is 19.7 Å². The number of carbonyl (C=O) groups excluding carboxylic acids is 2. The lowest BCUT2D eigenvalue weighted by molar-refractivity contribution is -0.120. The van der Waals surface area contributed by atoms with Gasteiger partial charge >= 0.3 is 0 Å². The van der Waals surface area contributed by atoms with Gasteiger partial charge in [0.05, 0.1) is 17.8 Å². The molecule has 214 valence electrons. The van der Waals surface area contributed by atoms with E-state index in [4.69, 9.17) is 9.47 Å². The number of aromatic nitrogens is 4. The zero-order valence-corrected chi connectivity index (χ0v) is 23.4. The minimum absolute atomic E-state index is 0.0325. The Morgan fingerprint density at radius 2 is 2.00 bits per heavy atom. The number of benzene rings is 3. The monoisotopic (exact) mass is 572 g/mol. The van der Waals surface area contributed by atoms with Gasteiger partial charge in [-0.25, -0.2) is 4.98 Å². The molecule has 1 atom stereocenters. The molecule has 0 spiro atoms. The maximum absolute atomic E-state index is 13.3. The van der Waals surface area contributed by atoms with Crippen molar-refractivity contribution >= 4 is 28.4 Å². The van der Waals surface area contributed by atoms with Crippen molar-refractivity contribution in [3.05, 3.63) is 108 Å². The lowest BCUT2D eigenvalue weighted by atomic mass is 10.1. The van der Waals surface area contributed by atoms with Crippen LogP contribution in [0.2, 0.25) is 0 Å². The maximum atomic E-state index is 13.3. The first-order valence-electron chi connectivity index (χ1n) is 13.8. The van der Waals surface area contributed by atoms with E-state index < -0.39 is 11.9 Å². The summed E-state index contributed by atoms with van der Waals surface area (Å²) in [5, 5.41) is 10.5. The summed E-state index contributed by atoms with van der Waals surface area (Å²) < 4.78 is 11.8. The van der Waals surface area contributed by atoms with Crippen LogP contribution in [0, 0.1) is 11.8 Å². The van der Waals surface area contributed by atoms with Gasteiger partial charge in [-0.2, -0.15) is 0 Å². The molecule has 0 saturated carbocycles.